The van der Waals surface area contributed by atoms with Crippen LogP contribution in [0.4, 0.5) is 15.8 Å². The van der Waals surface area contributed by atoms with Crippen LogP contribution >= 0.6 is 0 Å². The van der Waals surface area contributed by atoms with Gasteiger partial charge >= 0.3 is 5.97 Å². The van der Waals surface area contributed by atoms with Crippen molar-refractivity contribution in [3.05, 3.63) is 52.0 Å². The van der Waals surface area contributed by atoms with Crippen LogP contribution in [0.25, 0.3) is 0 Å². The van der Waals surface area contributed by atoms with Gasteiger partial charge in [0.15, 0.2) is 12.1 Å². The molecule has 0 spiro atoms. The molecule has 0 amide bonds. The first-order valence-corrected chi connectivity index (χ1v) is 7.75. The number of aromatic nitrogens is 1. The molecule has 0 radical (unpaired) electrons. The summed E-state index contributed by atoms with van der Waals surface area (Å²) in [5.41, 5.74) is 0.119. The molecule has 0 bridgehead atoms. The first-order chi connectivity index (χ1) is 12.0. The summed E-state index contributed by atoms with van der Waals surface area (Å²) in [5.74, 6) is -0.893. The summed E-state index contributed by atoms with van der Waals surface area (Å²) < 4.78 is 23.7. The summed E-state index contributed by atoms with van der Waals surface area (Å²) in [6.45, 7) is 2.46. The Morgan fingerprint density at radius 3 is 3.00 bits per heavy atom. The Hall–Kier alpha value is -2.97. The van der Waals surface area contributed by atoms with Crippen molar-refractivity contribution in [2.75, 3.05) is 18.0 Å². The van der Waals surface area contributed by atoms with Crippen molar-refractivity contribution >= 4 is 17.3 Å². The molecule has 25 heavy (non-hydrogen) atoms. The number of piperidine rings is 1. The van der Waals surface area contributed by atoms with E-state index in [0.717, 1.165) is 6.07 Å². The van der Waals surface area contributed by atoms with E-state index in [1.165, 1.54) is 18.5 Å². The molecule has 1 atom stereocenters. The molecule has 2 heterocycles. The minimum absolute atomic E-state index is 0.116. The van der Waals surface area contributed by atoms with Crippen LogP contribution in [0.1, 0.15) is 29.1 Å². The molecule has 0 aliphatic carbocycles. The zero-order valence-electron chi connectivity index (χ0n) is 13.5. The van der Waals surface area contributed by atoms with E-state index in [1.807, 2.05) is 0 Å². The van der Waals surface area contributed by atoms with E-state index in [2.05, 4.69) is 4.98 Å². The Morgan fingerprint density at radius 1 is 1.52 bits per heavy atom. The number of hydrogen-bond acceptors (Lipinski definition) is 7. The lowest BCUT2D eigenvalue weighted by Gasteiger charge is -2.33. The van der Waals surface area contributed by atoms with Crippen LogP contribution in [-0.2, 0) is 4.74 Å². The molecule has 1 aromatic heterocycles. The van der Waals surface area contributed by atoms with Gasteiger partial charge in [0, 0.05) is 6.54 Å². The van der Waals surface area contributed by atoms with Crippen molar-refractivity contribution in [2.24, 2.45) is 0 Å². The number of halogens is 1. The Balaban J connectivity index is 1.75. The van der Waals surface area contributed by atoms with Crippen LogP contribution in [-0.4, -0.2) is 35.1 Å². The summed E-state index contributed by atoms with van der Waals surface area (Å²) in [4.78, 5) is 28.2. The van der Waals surface area contributed by atoms with E-state index in [4.69, 9.17) is 9.15 Å². The maximum absolute atomic E-state index is 13.3. The number of esters is 1. The Labute approximate surface area is 142 Å². The van der Waals surface area contributed by atoms with Crippen LogP contribution in [0.15, 0.2) is 29.0 Å². The molecule has 0 unspecified atom stereocenters. The lowest BCUT2D eigenvalue weighted by atomic mass is 10.1. The Morgan fingerprint density at radius 2 is 2.32 bits per heavy atom. The summed E-state index contributed by atoms with van der Waals surface area (Å²) in [6, 6.07) is 3.44. The molecule has 9 heteroatoms. The molecule has 0 N–H and O–H groups in total. The van der Waals surface area contributed by atoms with Crippen molar-refractivity contribution < 1.29 is 23.3 Å². The molecule has 0 saturated carbocycles. The summed E-state index contributed by atoms with van der Waals surface area (Å²) in [5, 5.41) is 11.2. The molecule has 1 aliphatic rings. The van der Waals surface area contributed by atoms with E-state index < -0.39 is 22.8 Å². The maximum Gasteiger partial charge on any atom is 0.360 e. The van der Waals surface area contributed by atoms with Gasteiger partial charge in [0.05, 0.1) is 17.5 Å². The smallest absolute Gasteiger partial charge is 0.360 e. The standard InChI is InChI=1S/C16H16FN3O5/c1-10-15(18-9-24-10)16(21)25-12-3-2-6-19(8-12)13-5-4-11(17)7-14(13)20(22)23/h4-5,7,9,12H,2-3,6,8H2,1H3/t12-/m0/s1. The Kier molecular flexibility index (Phi) is 4.64. The van der Waals surface area contributed by atoms with Crippen LogP contribution < -0.4 is 4.90 Å². The third-order valence-corrected chi connectivity index (χ3v) is 4.06. The number of anilines is 1. The van der Waals surface area contributed by atoms with Crippen molar-refractivity contribution in [3.8, 4) is 0 Å². The number of aryl methyl sites for hydroxylation is 1. The lowest BCUT2D eigenvalue weighted by Crippen LogP contribution is -2.41. The molecule has 132 valence electrons. The summed E-state index contributed by atoms with van der Waals surface area (Å²) in [7, 11) is 0. The average molecular weight is 349 g/mol. The largest absolute Gasteiger partial charge is 0.456 e. The fourth-order valence-electron chi connectivity index (χ4n) is 2.87. The molecule has 3 rings (SSSR count). The lowest BCUT2D eigenvalue weighted by molar-refractivity contribution is -0.384. The quantitative estimate of drug-likeness (QED) is 0.475. The number of rotatable bonds is 4. The molecular weight excluding hydrogens is 333 g/mol. The topological polar surface area (TPSA) is 98.7 Å². The van der Waals surface area contributed by atoms with E-state index >= 15 is 0 Å². The van der Waals surface area contributed by atoms with Gasteiger partial charge < -0.3 is 14.1 Å². The third kappa shape index (κ3) is 3.59. The minimum atomic E-state index is -0.669. The molecule has 1 aliphatic heterocycles. The van der Waals surface area contributed by atoms with Gasteiger partial charge in [-0.15, -0.1) is 0 Å². The summed E-state index contributed by atoms with van der Waals surface area (Å²) >= 11 is 0. The number of nitro benzene ring substituents is 1. The van der Waals surface area contributed by atoms with Crippen molar-refractivity contribution in [3.63, 3.8) is 0 Å². The zero-order chi connectivity index (χ0) is 18.0. The number of nitrogens with zero attached hydrogens (tertiary/aromatic N) is 3. The fourth-order valence-corrected chi connectivity index (χ4v) is 2.87. The number of hydrogen-bond donors (Lipinski definition) is 0. The van der Waals surface area contributed by atoms with Crippen LogP contribution in [0.5, 0.6) is 0 Å². The second kappa shape index (κ2) is 6.88. The number of carbonyl (C=O) groups is 1. The van der Waals surface area contributed by atoms with Crippen LogP contribution in [0.2, 0.25) is 0 Å². The predicted octanol–water partition coefficient (Wildman–Crippen LogP) is 2.86. The number of nitro groups is 1. The van der Waals surface area contributed by atoms with Gasteiger partial charge in [-0.2, -0.15) is 0 Å². The molecule has 8 nitrogen and oxygen atoms in total. The monoisotopic (exact) mass is 349 g/mol. The number of benzene rings is 1. The Bertz CT molecular complexity index is 807. The van der Waals surface area contributed by atoms with Crippen LogP contribution in [0, 0.1) is 22.9 Å². The first-order valence-electron chi connectivity index (χ1n) is 7.75. The number of oxazole rings is 1. The van der Waals surface area contributed by atoms with E-state index in [0.29, 0.717) is 30.8 Å². The highest BCUT2D eigenvalue weighted by Crippen LogP contribution is 2.31. The van der Waals surface area contributed by atoms with Gasteiger partial charge in [-0.3, -0.25) is 10.1 Å². The summed E-state index contributed by atoms with van der Waals surface area (Å²) in [6.07, 6.45) is 2.04. The fraction of sp³-hybridized carbons (Fsp3) is 0.375. The predicted molar refractivity (Wildman–Crippen MR) is 84.9 cm³/mol. The molecular formula is C16H16FN3O5. The normalized spacial score (nSPS) is 17.4. The van der Waals surface area contributed by atoms with Gasteiger partial charge in [0.2, 0.25) is 0 Å². The second-order valence-electron chi connectivity index (χ2n) is 5.76. The van der Waals surface area contributed by atoms with E-state index in [1.54, 1.807) is 11.8 Å². The molecule has 2 aromatic rings. The second-order valence-corrected chi connectivity index (χ2v) is 5.76. The highest BCUT2D eigenvalue weighted by atomic mass is 19.1. The molecule has 1 aromatic carbocycles. The van der Waals surface area contributed by atoms with Gasteiger partial charge in [0.1, 0.15) is 23.4 Å². The minimum Gasteiger partial charge on any atom is -0.456 e. The van der Waals surface area contributed by atoms with Gasteiger partial charge in [-0.05, 0) is 31.9 Å². The van der Waals surface area contributed by atoms with E-state index in [-0.39, 0.29) is 17.9 Å². The first kappa shape index (κ1) is 16.9. The molecule has 1 fully saturated rings. The van der Waals surface area contributed by atoms with E-state index in [9.17, 15) is 19.3 Å². The van der Waals surface area contributed by atoms with Crippen molar-refractivity contribution in [1.82, 2.24) is 4.98 Å². The SMILES string of the molecule is Cc1ocnc1C(=O)O[C@H]1CCCN(c2ccc(F)cc2[N+](=O)[O-])C1. The van der Waals surface area contributed by atoms with Crippen molar-refractivity contribution in [1.29, 1.82) is 0 Å². The van der Waals surface area contributed by atoms with Gasteiger partial charge in [0.25, 0.3) is 5.69 Å². The average Bonchev–Trinajstić information content (AvgIpc) is 3.01. The highest BCUT2D eigenvalue weighted by molar-refractivity contribution is 5.88. The number of ether oxygens (including phenoxy) is 1. The third-order valence-electron chi connectivity index (χ3n) is 4.06. The van der Waals surface area contributed by atoms with Gasteiger partial charge in [-0.1, -0.05) is 0 Å². The van der Waals surface area contributed by atoms with Gasteiger partial charge in [-0.25, -0.2) is 14.2 Å². The maximum atomic E-state index is 13.3. The molecule has 1 saturated heterocycles. The number of carbonyl (C=O) groups excluding carboxylic acids is 1. The van der Waals surface area contributed by atoms with Crippen LogP contribution in [0.3, 0.4) is 0 Å². The zero-order valence-corrected chi connectivity index (χ0v) is 13.5. The van der Waals surface area contributed by atoms with Crippen molar-refractivity contribution in [2.45, 2.75) is 25.9 Å². The highest BCUT2D eigenvalue weighted by Gasteiger charge is 2.29.